The van der Waals surface area contributed by atoms with Crippen molar-refractivity contribution in [3.8, 4) is 0 Å². The first-order valence-corrected chi connectivity index (χ1v) is 4.57. The van der Waals surface area contributed by atoms with E-state index in [1.165, 1.54) is 0 Å². The van der Waals surface area contributed by atoms with Crippen molar-refractivity contribution in [3.63, 3.8) is 0 Å². The van der Waals surface area contributed by atoms with Crippen molar-refractivity contribution >= 4 is 5.97 Å². The van der Waals surface area contributed by atoms with E-state index in [1.54, 1.807) is 13.0 Å². The second-order valence-corrected chi connectivity index (χ2v) is 3.36. The lowest BCUT2D eigenvalue weighted by Gasteiger charge is -2.05. The molecule has 0 heterocycles. The zero-order valence-electron chi connectivity index (χ0n) is 8.29. The molecule has 1 atom stereocenters. The van der Waals surface area contributed by atoms with Gasteiger partial charge in [-0.1, -0.05) is 18.6 Å². The highest BCUT2D eigenvalue weighted by atomic mass is 16.4. The first kappa shape index (κ1) is 12.2. The first-order chi connectivity index (χ1) is 6.07. The third-order valence-electron chi connectivity index (χ3n) is 2.07. The number of carboxylic acid groups (broad SMARTS) is 1. The van der Waals surface area contributed by atoms with Crippen molar-refractivity contribution in [1.82, 2.24) is 0 Å². The van der Waals surface area contributed by atoms with Crippen molar-refractivity contribution in [1.29, 1.82) is 0 Å². The van der Waals surface area contributed by atoms with E-state index >= 15 is 0 Å². The number of rotatable bonds is 6. The van der Waals surface area contributed by atoms with Crippen molar-refractivity contribution in [2.75, 3.05) is 6.61 Å². The summed E-state index contributed by atoms with van der Waals surface area (Å²) < 4.78 is 0. The average molecular weight is 186 g/mol. The van der Waals surface area contributed by atoms with Gasteiger partial charge in [-0.15, -0.1) is 0 Å². The predicted molar refractivity (Wildman–Crippen MR) is 51.5 cm³/mol. The number of carbonyl (C=O) groups is 1. The molecule has 1 unspecified atom stereocenters. The van der Waals surface area contributed by atoms with Crippen LogP contribution in [0.15, 0.2) is 11.6 Å². The highest BCUT2D eigenvalue weighted by Gasteiger charge is 2.09. The van der Waals surface area contributed by atoms with Crippen LogP contribution in [0.1, 0.15) is 33.1 Å². The van der Waals surface area contributed by atoms with Gasteiger partial charge in [0.25, 0.3) is 0 Å². The van der Waals surface area contributed by atoms with Gasteiger partial charge in [0.05, 0.1) is 12.5 Å². The van der Waals surface area contributed by atoms with Gasteiger partial charge in [0, 0.05) is 0 Å². The van der Waals surface area contributed by atoms with E-state index in [2.05, 4.69) is 0 Å². The molecule has 0 saturated carbocycles. The van der Waals surface area contributed by atoms with Gasteiger partial charge in [0.1, 0.15) is 0 Å². The average Bonchev–Trinajstić information content (AvgIpc) is 2.04. The van der Waals surface area contributed by atoms with Crippen LogP contribution in [0.25, 0.3) is 0 Å². The Balaban J connectivity index is 3.56. The SMILES string of the molecule is C/C(=C\CO)CCCC(C)C(=O)O. The molecule has 0 fully saturated rings. The Morgan fingerprint density at radius 1 is 1.54 bits per heavy atom. The molecule has 0 aromatic rings. The zero-order valence-corrected chi connectivity index (χ0v) is 8.29. The van der Waals surface area contributed by atoms with Gasteiger partial charge in [0.15, 0.2) is 0 Å². The third-order valence-corrected chi connectivity index (χ3v) is 2.07. The molecule has 76 valence electrons. The van der Waals surface area contributed by atoms with Crippen molar-refractivity contribution < 1.29 is 15.0 Å². The lowest BCUT2D eigenvalue weighted by Crippen LogP contribution is -2.08. The van der Waals surface area contributed by atoms with Gasteiger partial charge in [-0.05, 0) is 26.2 Å². The maximum atomic E-state index is 10.4. The normalized spacial score (nSPS) is 14.2. The van der Waals surface area contributed by atoms with Gasteiger partial charge in [-0.3, -0.25) is 4.79 Å². The molecule has 0 amide bonds. The maximum Gasteiger partial charge on any atom is 0.306 e. The number of hydrogen-bond acceptors (Lipinski definition) is 2. The fourth-order valence-corrected chi connectivity index (χ4v) is 1.07. The zero-order chi connectivity index (χ0) is 10.3. The molecule has 2 N–H and O–H groups in total. The lowest BCUT2D eigenvalue weighted by atomic mass is 10.0. The number of aliphatic carboxylic acids is 1. The van der Waals surface area contributed by atoms with E-state index < -0.39 is 5.97 Å². The molecule has 3 nitrogen and oxygen atoms in total. The monoisotopic (exact) mass is 186 g/mol. The number of aliphatic hydroxyl groups excluding tert-OH is 1. The molecule has 0 rings (SSSR count). The first-order valence-electron chi connectivity index (χ1n) is 4.57. The maximum absolute atomic E-state index is 10.4. The highest BCUT2D eigenvalue weighted by Crippen LogP contribution is 2.11. The molecule has 0 bridgehead atoms. The second-order valence-electron chi connectivity index (χ2n) is 3.36. The van der Waals surface area contributed by atoms with Crippen LogP contribution >= 0.6 is 0 Å². The fraction of sp³-hybridized carbons (Fsp3) is 0.700. The summed E-state index contributed by atoms with van der Waals surface area (Å²) in [6.45, 7) is 3.73. The highest BCUT2D eigenvalue weighted by molar-refractivity contribution is 5.69. The molecule has 0 saturated heterocycles. The molecule has 3 heteroatoms. The third kappa shape index (κ3) is 6.34. The smallest absolute Gasteiger partial charge is 0.306 e. The fourth-order valence-electron chi connectivity index (χ4n) is 1.07. The number of carboxylic acids is 1. The molecule has 0 aromatic carbocycles. The minimum Gasteiger partial charge on any atom is -0.481 e. The molecule has 0 aliphatic heterocycles. The lowest BCUT2D eigenvalue weighted by molar-refractivity contribution is -0.141. The predicted octanol–water partition coefficient (Wildman–Crippen LogP) is 1.82. The van der Waals surface area contributed by atoms with Crippen LogP contribution in [-0.2, 0) is 4.79 Å². The molecular formula is C10H18O3. The molecule has 0 radical (unpaired) electrons. The topological polar surface area (TPSA) is 57.5 Å². The van der Waals surface area contributed by atoms with Crippen LogP contribution in [0.5, 0.6) is 0 Å². The number of aliphatic hydroxyl groups is 1. The van der Waals surface area contributed by atoms with Crippen LogP contribution in [-0.4, -0.2) is 22.8 Å². The van der Waals surface area contributed by atoms with Crippen LogP contribution in [0.3, 0.4) is 0 Å². The van der Waals surface area contributed by atoms with Crippen LogP contribution in [0.4, 0.5) is 0 Å². The molecular weight excluding hydrogens is 168 g/mol. The minimum atomic E-state index is -0.733. The largest absolute Gasteiger partial charge is 0.481 e. The summed E-state index contributed by atoms with van der Waals surface area (Å²) in [4.78, 5) is 10.4. The summed E-state index contributed by atoms with van der Waals surface area (Å²) in [7, 11) is 0. The van der Waals surface area contributed by atoms with E-state index in [1.807, 2.05) is 6.92 Å². The Morgan fingerprint density at radius 2 is 2.15 bits per heavy atom. The molecule has 13 heavy (non-hydrogen) atoms. The van der Waals surface area contributed by atoms with E-state index in [4.69, 9.17) is 10.2 Å². The summed E-state index contributed by atoms with van der Waals surface area (Å²) in [6.07, 6.45) is 4.20. The van der Waals surface area contributed by atoms with E-state index in [9.17, 15) is 4.79 Å². The minimum absolute atomic E-state index is 0.0698. The summed E-state index contributed by atoms with van der Waals surface area (Å²) in [5, 5.41) is 17.2. The van der Waals surface area contributed by atoms with E-state index in [0.29, 0.717) is 6.42 Å². The van der Waals surface area contributed by atoms with Crippen molar-refractivity contribution in [2.24, 2.45) is 5.92 Å². The van der Waals surface area contributed by atoms with Crippen molar-refractivity contribution in [2.45, 2.75) is 33.1 Å². The van der Waals surface area contributed by atoms with Gasteiger partial charge >= 0.3 is 5.97 Å². The van der Waals surface area contributed by atoms with Crippen molar-refractivity contribution in [3.05, 3.63) is 11.6 Å². The summed E-state index contributed by atoms with van der Waals surface area (Å²) in [6, 6.07) is 0. The summed E-state index contributed by atoms with van der Waals surface area (Å²) in [5.74, 6) is -0.995. The Bertz CT molecular complexity index is 185. The second kappa shape index (κ2) is 6.66. The number of hydrogen-bond donors (Lipinski definition) is 2. The summed E-state index contributed by atoms with van der Waals surface area (Å²) >= 11 is 0. The quantitative estimate of drug-likeness (QED) is 0.622. The Hall–Kier alpha value is -0.830. The Kier molecular flexibility index (Phi) is 6.24. The van der Waals surface area contributed by atoms with Gasteiger partial charge in [-0.25, -0.2) is 0 Å². The number of allylic oxidation sites excluding steroid dienone is 1. The van der Waals surface area contributed by atoms with E-state index in [0.717, 1.165) is 18.4 Å². The molecule has 0 aliphatic rings. The van der Waals surface area contributed by atoms with Gasteiger partial charge in [-0.2, -0.15) is 0 Å². The van der Waals surface area contributed by atoms with Crippen LogP contribution in [0.2, 0.25) is 0 Å². The Labute approximate surface area is 79.1 Å². The molecule has 0 aromatic heterocycles. The summed E-state index contributed by atoms with van der Waals surface area (Å²) in [5.41, 5.74) is 1.13. The standard InChI is InChI=1S/C10H18O3/c1-8(6-7-11)4-3-5-9(2)10(12)13/h6,9,11H,3-5,7H2,1-2H3,(H,12,13)/b8-6+. The van der Waals surface area contributed by atoms with Gasteiger partial charge in [0.2, 0.25) is 0 Å². The van der Waals surface area contributed by atoms with Crippen LogP contribution in [0, 0.1) is 5.92 Å². The van der Waals surface area contributed by atoms with E-state index in [-0.39, 0.29) is 12.5 Å². The molecule has 0 spiro atoms. The molecule has 0 aliphatic carbocycles. The van der Waals surface area contributed by atoms with Gasteiger partial charge < -0.3 is 10.2 Å². The Morgan fingerprint density at radius 3 is 2.62 bits per heavy atom. The van der Waals surface area contributed by atoms with Crippen LogP contribution < -0.4 is 0 Å².